The van der Waals surface area contributed by atoms with E-state index in [1.807, 2.05) is 18.2 Å². The molecule has 1 heterocycles. The standard InChI is InChI=1S/C20H16N4O3/c21-12-15-5-6-16(18(25)11-15)23-20(26)24-17-3-1-2-4-19(17)27-13-14-7-9-22-10-8-14/h1-11,25H,13H2,(H2,23,24,26). The Labute approximate surface area is 155 Å². The van der Waals surface area contributed by atoms with E-state index in [1.54, 1.807) is 36.7 Å². The molecule has 0 radical (unpaired) electrons. The fraction of sp³-hybridized carbons (Fsp3) is 0.0500. The molecule has 2 amide bonds. The number of urea groups is 1. The van der Waals surface area contributed by atoms with E-state index < -0.39 is 6.03 Å². The number of anilines is 2. The summed E-state index contributed by atoms with van der Waals surface area (Å²) in [5.41, 5.74) is 1.93. The Bertz CT molecular complexity index is 984. The van der Waals surface area contributed by atoms with E-state index in [2.05, 4.69) is 15.6 Å². The molecule has 0 unspecified atom stereocenters. The molecule has 1 aromatic heterocycles. The Morgan fingerprint density at radius 2 is 1.81 bits per heavy atom. The SMILES string of the molecule is N#Cc1ccc(NC(=O)Nc2ccccc2OCc2ccncc2)c(O)c1. The number of pyridine rings is 1. The Balaban J connectivity index is 1.67. The molecule has 7 nitrogen and oxygen atoms in total. The van der Waals surface area contributed by atoms with Crippen molar-refractivity contribution in [3.8, 4) is 17.6 Å². The lowest BCUT2D eigenvalue weighted by Crippen LogP contribution is -2.20. The molecule has 0 aliphatic carbocycles. The largest absolute Gasteiger partial charge is 0.506 e. The van der Waals surface area contributed by atoms with E-state index in [9.17, 15) is 9.90 Å². The maximum Gasteiger partial charge on any atom is 0.323 e. The molecule has 3 aromatic rings. The summed E-state index contributed by atoms with van der Waals surface area (Å²) < 4.78 is 5.77. The molecule has 2 aromatic carbocycles. The van der Waals surface area contributed by atoms with Crippen LogP contribution in [-0.4, -0.2) is 16.1 Å². The van der Waals surface area contributed by atoms with Crippen LogP contribution < -0.4 is 15.4 Å². The first-order chi connectivity index (χ1) is 13.2. The van der Waals surface area contributed by atoms with Gasteiger partial charge >= 0.3 is 6.03 Å². The van der Waals surface area contributed by atoms with E-state index in [1.165, 1.54) is 18.2 Å². The highest BCUT2D eigenvalue weighted by Gasteiger charge is 2.10. The molecule has 3 rings (SSSR count). The molecule has 134 valence electrons. The fourth-order valence-corrected chi connectivity index (χ4v) is 2.32. The van der Waals surface area contributed by atoms with Crippen LogP contribution in [-0.2, 0) is 6.61 Å². The molecule has 0 bridgehead atoms. The second-order valence-electron chi connectivity index (χ2n) is 5.56. The van der Waals surface area contributed by atoms with Crippen LogP contribution in [0.1, 0.15) is 11.1 Å². The van der Waals surface area contributed by atoms with Gasteiger partial charge in [0.25, 0.3) is 0 Å². The molecule has 0 saturated carbocycles. The summed E-state index contributed by atoms with van der Waals surface area (Å²) in [5.74, 6) is 0.319. The number of phenolic OH excluding ortho intramolecular Hbond substituents is 1. The van der Waals surface area contributed by atoms with Gasteiger partial charge in [-0.2, -0.15) is 5.26 Å². The molecule has 27 heavy (non-hydrogen) atoms. The molecular formula is C20H16N4O3. The zero-order chi connectivity index (χ0) is 19.1. The average Bonchev–Trinajstić information content (AvgIpc) is 2.69. The number of benzene rings is 2. The normalized spacial score (nSPS) is 9.89. The minimum Gasteiger partial charge on any atom is -0.506 e. The van der Waals surface area contributed by atoms with E-state index in [4.69, 9.17) is 10.00 Å². The number of carbonyl (C=O) groups excluding carboxylic acids is 1. The third-order valence-corrected chi connectivity index (χ3v) is 3.65. The van der Waals surface area contributed by atoms with E-state index >= 15 is 0 Å². The average molecular weight is 360 g/mol. The number of aromatic nitrogens is 1. The first-order valence-electron chi connectivity index (χ1n) is 8.07. The summed E-state index contributed by atoms with van der Waals surface area (Å²) in [6, 6.07) is 16.3. The van der Waals surface area contributed by atoms with Crippen LogP contribution >= 0.6 is 0 Å². The second-order valence-corrected chi connectivity index (χ2v) is 5.56. The number of hydrogen-bond acceptors (Lipinski definition) is 5. The van der Waals surface area contributed by atoms with Gasteiger partial charge in [-0.25, -0.2) is 4.79 Å². The van der Waals surface area contributed by atoms with E-state index in [0.29, 0.717) is 23.6 Å². The van der Waals surface area contributed by atoms with Gasteiger partial charge < -0.3 is 20.5 Å². The van der Waals surface area contributed by atoms with Crippen LogP contribution in [0.4, 0.5) is 16.2 Å². The van der Waals surface area contributed by atoms with Gasteiger partial charge in [-0.1, -0.05) is 12.1 Å². The van der Waals surface area contributed by atoms with Crippen LogP contribution in [0.25, 0.3) is 0 Å². The lowest BCUT2D eigenvalue weighted by atomic mass is 10.2. The summed E-state index contributed by atoms with van der Waals surface area (Å²) in [5, 5.41) is 23.9. The van der Waals surface area contributed by atoms with Crippen LogP contribution in [0.2, 0.25) is 0 Å². The summed E-state index contributed by atoms with van der Waals surface area (Å²) in [7, 11) is 0. The van der Waals surface area contributed by atoms with E-state index in [0.717, 1.165) is 5.56 Å². The molecule has 0 atom stereocenters. The molecule has 0 aliphatic rings. The lowest BCUT2D eigenvalue weighted by molar-refractivity contribution is 0.261. The first kappa shape index (κ1) is 17.8. The van der Waals surface area contributed by atoms with Crippen molar-refractivity contribution < 1.29 is 14.6 Å². The predicted molar refractivity (Wildman–Crippen MR) is 100 cm³/mol. The monoisotopic (exact) mass is 360 g/mol. The lowest BCUT2D eigenvalue weighted by Gasteiger charge is -2.13. The zero-order valence-corrected chi connectivity index (χ0v) is 14.2. The number of nitriles is 1. The van der Waals surface area contributed by atoms with Gasteiger partial charge in [0.05, 0.1) is 23.0 Å². The molecule has 7 heteroatoms. The summed E-state index contributed by atoms with van der Waals surface area (Å²) in [4.78, 5) is 16.2. The maximum atomic E-state index is 12.3. The number of nitrogens with zero attached hydrogens (tertiary/aromatic N) is 2. The van der Waals surface area contributed by atoms with Crippen molar-refractivity contribution in [2.24, 2.45) is 0 Å². The van der Waals surface area contributed by atoms with Crippen molar-refractivity contribution in [3.05, 3.63) is 78.1 Å². The van der Waals surface area contributed by atoms with Gasteiger partial charge in [0.15, 0.2) is 0 Å². The van der Waals surface area contributed by atoms with Crippen molar-refractivity contribution in [3.63, 3.8) is 0 Å². The number of carbonyl (C=O) groups is 1. The van der Waals surface area contributed by atoms with Gasteiger partial charge in [-0.05, 0) is 48.0 Å². The first-order valence-corrected chi connectivity index (χ1v) is 8.07. The van der Waals surface area contributed by atoms with Gasteiger partial charge in [0, 0.05) is 12.4 Å². The molecular weight excluding hydrogens is 344 g/mol. The van der Waals surface area contributed by atoms with Crippen LogP contribution in [0.15, 0.2) is 67.0 Å². The number of rotatable bonds is 5. The topological polar surface area (TPSA) is 107 Å². The van der Waals surface area contributed by atoms with Crippen molar-refractivity contribution in [1.82, 2.24) is 4.98 Å². The van der Waals surface area contributed by atoms with Crippen molar-refractivity contribution >= 4 is 17.4 Å². The smallest absolute Gasteiger partial charge is 0.323 e. The van der Waals surface area contributed by atoms with Crippen LogP contribution in [0.5, 0.6) is 11.5 Å². The quantitative estimate of drug-likeness (QED) is 0.599. The van der Waals surface area contributed by atoms with Gasteiger partial charge in [-0.3, -0.25) is 4.98 Å². The Hall–Kier alpha value is -4.05. The number of aromatic hydroxyl groups is 1. The zero-order valence-electron chi connectivity index (χ0n) is 14.2. The highest BCUT2D eigenvalue weighted by Crippen LogP contribution is 2.27. The number of hydrogen-bond donors (Lipinski definition) is 3. The van der Waals surface area contributed by atoms with Crippen molar-refractivity contribution in [2.45, 2.75) is 6.61 Å². The second kappa shape index (κ2) is 8.36. The minimum absolute atomic E-state index is 0.188. The van der Waals surface area contributed by atoms with Gasteiger partial charge in [0.2, 0.25) is 0 Å². The third kappa shape index (κ3) is 4.74. The fourth-order valence-electron chi connectivity index (χ4n) is 2.32. The molecule has 0 fully saturated rings. The third-order valence-electron chi connectivity index (χ3n) is 3.65. The molecule has 3 N–H and O–H groups in total. The summed E-state index contributed by atoms with van der Waals surface area (Å²) in [6.45, 7) is 0.333. The Morgan fingerprint density at radius 1 is 1.07 bits per heavy atom. The van der Waals surface area contributed by atoms with Crippen molar-refractivity contribution in [2.75, 3.05) is 10.6 Å². The number of ether oxygens (including phenoxy) is 1. The number of phenols is 1. The minimum atomic E-state index is -0.546. The Kier molecular flexibility index (Phi) is 5.50. The molecule has 0 aliphatic heterocycles. The highest BCUT2D eigenvalue weighted by atomic mass is 16.5. The predicted octanol–water partition coefficient (Wildman–Crippen LogP) is 3.88. The highest BCUT2D eigenvalue weighted by molar-refractivity contribution is 6.01. The summed E-state index contributed by atoms with van der Waals surface area (Å²) in [6.07, 6.45) is 3.36. The van der Waals surface area contributed by atoms with Crippen LogP contribution in [0, 0.1) is 11.3 Å². The molecule has 0 spiro atoms. The Morgan fingerprint density at radius 3 is 2.56 bits per heavy atom. The van der Waals surface area contributed by atoms with Crippen LogP contribution in [0.3, 0.4) is 0 Å². The van der Waals surface area contributed by atoms with Gasteiger partial charge in [-0.15, -0.1) is 0 Å². The number of para-hydroxylation sites is 2. The summed E-state index contributed by atoms with van der Waals surface area (Å²) >= 11 is 0. The van der Waals surface area contributed by atoms with Gasteiger partial charge in [0.1, 0.15) is 18.1 Å². The van der Waals surface area contributed by atoms with E-state index in [-0.39, 0.29) is 11.4 Å². The molecule has 0 saturated heterocycles. The number of amides is 2. The maximum absolute atomic E-state index is 12.3. The van der Waals surface area contributed by atoms with Crippen molar-refractivity contribution in [1.29, 1.82) is 5.26 Å². The number of nitrogens with one attached hydrogen (secondary N) is 2.